The molecule has 1 saturated heterocycles. The van der Waals surface area contributed by atoms with Gasteiger partial charge in [-0.25, -0.2) is 0 Å². The third-order valence-corrected chi connectivity index (χ3v) is 3.99. The predicted molar refractivity (Wildman–Crippen MR) is 71.5 cm³/mol. The van der Waals surface area contributed by atoms with E-state index < -0.39 is 0 Å². The lowest BCUT2D eigenvalue weighted by atomic mass is 10.3. The van der Waals surface area contributed by atoms with E-state index in [1.165, 1.54) is 12.5 Å². The monoisotopic (exact) mass is 261 g/mol. The van der Waals surface area contributed by atoms with Gasteiger partial charge in [0.15, 0.2) is 0 Å². The zero-order valence-electron chi connectivity index (χ0n) is 11.1. The third kappa shape index (κ3) is 2.73. The maximum atomic E-state index is 11.9. The fourth-order valence-corrected chi connectivity index (χ4v) is 2.58. The van der Waals surface area contributed by atoms with Crippen molar-refractivity contribution in [1.29, 1.82) is 0 Å². The number of rotatable bonds is 3. The second-order valence-corrected chi connectivity index (χ2v) is 5.62. The SMILES string of the molecule is CC1CC1c1ccc(C=CC(=O)N2CC[C@H](O)C2)o1. The number of hydrogen-bond acceptors (Lipinski definition) is 3. The van der Waals surface area contributed by atoms with Gasteiger partial charge in [0.2, 0.25) is 5.91 Å². The average molecular weight is 261 g/mol. The lowest BCUT2D eigenvalue weighted by molar-refractivity contribution is -0.125. The smallest absolute Gasteiger partial charge is 0.246 e. The van der Waals surface area contributed by atoms with Crippen molar-refractivity contribution < 1.29 is 14.3 Å². The topological polar surface area (TPSA) is 53.7 Å². The van der Waals surface area contributed by atoms with Crippen LogP contribution in [0.5, 0.6) is 0 Å². The predicted octanol–water partition coefficient (Wildman–Crippen LogP) is 2.01. The Hall–Kier alpha value is -1.55. The van der Waals surface area contributed by atoms with Crippen LogP contribution in [0.4, 0.5) is 0 Å². The number of β-amino-alcohol motifs (C(OH)–C–C–N with tert-alkyl or cyclic N) is 1. The molecule has 1 aromatic heterocycles. The maximum absolute atomic E-state index is 11.9. The molecule has 1 aromatic rings. The second-order valence-electron chi connectivity index (χ2n) is 5.62. The molecule has 1 aliphatic heterocycles. The molecule has 2 unspecified atom stereocenters. The van der Waals surface area contributed by atoms with Gasteiger partial charge in [-0.15, -0.1) is 0 Å². The first-order valence-corrected chi connectivity index (χ1v) is 6.88. The first-order valence-electron chi connectivity index (χ1n) is 6.88. The van der Waals surface area contributed by atoms with Crippen LogP contribution >= 0.6 is 0 Å². The molecule has 4 heteroatoms. The molecule has 2 heterocycles. The summed E-state index contributed by atoms with van der Waals surface area (Å²) in [5, 5.41) is 9.39. The van der Waals surface area contributed by atoms with Gasteiger partial charge in [0, 0.05) is 25.1 Å². The minimum atomic E-state index is -0.371. The number of aliphatic hydroxyl groups is 1. The molecule has 3 atom stereocenters. The third-order valence-electron chi connectivity index (χ3n) is 3.99. The highest BCUT2D eigenvalue weighted by Crippen LogP contribution is 2.47. The van der Waals surface area contributed by atoms with Gasteiger partial charge in [0.1, 0.15) is 11.5 Å². The summed E-state index contributed by atoms with van der Waals surface area (Å²) >= 11 is 0. The Bertz CT molecular complexity index is 505. The Morgan fingerprint density at radius 1 is 1.53 bits per heavy atom. The van der Waals surface area contributed by atoms with E-state index in [1.807, 2.05) is 12.1 Å². The van der Waals surface area contributed by atoms with Crippen molar-refractivity contribution in [3.05, 3.63) is 29.7 Å². The van der Waals surface area contributed by atoms with Crippen LogP contribution in [0.3, 0.4) is 0 Å². The minimum absolute atomic E-state index is 0.0608. The Morgan fingerprint density at radius 2 is 2.32 bits per heavy atom. The quantitative estimate of drug-likeness (QED) is 0.847. The van der Waals surface area contributed by atoms with Crippen LogP contribution < -0.4 is 0 Å². The number of likely N-dealkylation sites (tertiary alicyclic amines) is 1. The van der Waals surface area contributed by atoms with Gasteiger partial charge in [-0.2, -0.15) is 0 Å². The molecular formula is C15H19NO3. The summed E-state index contributed by atoms with van der Waals surface area (Å²) in [6, 6.07) is 3.90. The van der Waals surface area contributed by atoms with Gasteiger partial charge in [0.25, 0.3) is 0 Å². The van der Waals surface area contributed by atoms with Crippen LogP contribution in [-0.4, -0.2) is 35.1 Å². The van der Waals surface area contributed by atoms with Gasteiger partial charge in [-0.05, 0) is 37.0 Å². The van der Waals surface area contributed by atoms with Crippen molar-refractivity contribution in [2.24, 2.45) is 5.92 Å². The van der Waals surface area contributed by atoms with Crippen molar-refractivity contribution in [1.82, 2.24) is 4.90 Å². The lowest BCUT2D eigenvalue weighted by Crippen LogP contribution is -2.27. The summed E-state index contributed by atoms with van der Waals surface area (Å²) in [6.07, 6.45) is 4.73. The van der Waals surface area contributed by atoms with Gasteiger partial charge in [-0.3, -0.25) is 4.79 Å². The molecule has 0 spiro atoms. The normalized spacial score (nSPS) is 30.2. The molecule has 1 N–H and O–H groups in total. The van der Waals surface area contributed by atoms with E-state index in [-0.39, 0.29) is 12.0 Å². The average Bonchev–Trinajstić information content (AvgIpc) is 2.84. The standard InChI is InChI=1S/C15H19NO3/c1-10-8-13(10)14-4-2-12(19-14)3-5-15(18)16-7-6-11(17)9-16/h2-5,10-11,13,17H,6-9H2,1H3/t10?,11-,13?/m0/s1. The summed E-state index contributed by atoms with van der Waals surface area (Å²) in [4.78, 5) is 13.5. The van der Waals surface area contributed by atoms with E-state index in [0.717, 1.165) is 17.4 Å². The van der Waals surface area contributed by atoms with E-state index in [9.17, 15) is 9.90 Å². The molecule has 102 valence electrons. The fraction of sp³-hybridized carbons (Fsp3) is 0.533. The Kier molecular flexibility index (Phi) is 3.19. The summed E-state index contributed by atoms with van der Waals surface area (Å²) in [5.74, 6) is 2.97. The summed E-state index contributed by atoms with van der Waals surface area (Å²) in [5.41, 5.74) is 0. The molecule has 2 fully saturated rings. The van der Waals surface area contributed by atoms with Crippen LogP contribution in [-0.2, 0) is 4.79 Å². The first kappa shape index (κ1) is 12.5. The Morgan fingerprint density at radius 3 is 2.95 bits per heavy atom. The van der Waals surface area contributed by atoms with Crippen molar-refractivity contribution in [3.8, 4) is 0 Å². The number of carbonyl (C=O) groups is 1. The molecule has 4 nitrogen and oxygen atoms in total. The number of aliphatic hydroxyl groups excluding tert-OH is 1. The molecule has 0 aromatic carbocycles. The Labute approximate surface area is 112 Å². The number of hydrogen-bond donors (Lipinski definition) is 1. The maximum Gasteiger partial charge on any atom is 0.246 e. The summed E-state index contributed by atoms with van der Waals surface area (Å²) < 4.78 is 5.71. The number of amides is 1. The molecule has 0 bridgehead atoms. The lowest BCUT2D eigenvalue weighted by Gasteiger charge is -2.11. The molecule has 1 saturated carbocycles. The van der Waals surface area contributed by atoms with Crippen LogP contribution in [0.2, 0.25) is 0 Å². The molecular weight excluding hydrogens is 242 g/mol. The van der Waals surface area contributed by atoms with Crippen molar-refractivity contribution in [2.75, 3.05) is 13.1 Å². The molecule has 1 amide bonds. The van der Waals surface area contributed by atoms with E-state index in [2.05, 4.69) is 6.92 Å². The van der Waals surface area contributed by atoms with Crippen molar-refractivity contribution in [3.63, 3.8) is 0 Å². The van der Waals surface area contributed by atoms with Crippen molar-refractivity contribution >= 4 is 12.0 Å². The van der Waals surface area contributed by atoms with Crippen LogP contribution in [0.1, 0.15) is 37.2 Å². The van der Waals surface area contributed by atoms with Crippen LogP contribution in [0.25, 0.3) is 6.08 Å². The van der Waals surface area contributed by atoms with Gasteiger partial charge in [-0.1, -0.05) is 6.92 Å². The highest BCUT2D eigenvalue weighted by molar-refractivity contribution is 5.91. The molecule has 1 aliphatic carbocycles. The zero-order chi connectivity index (χ0) is 13.4. The first-order chi connectivity index (χ1) is 9.13. The number of furan rings is 1. The molecule has 19 heavy (non-hydrogen) atoms. The molecule has 3 rings (SSSR count). The largest absolute Gasteiger partial charge is 0.461 e. The minimum Gasteiger partial charge on any atom is -0.461 e. The number of nitrogens with zero attached hydrogens (tertiary/aromatic N) is 1. The molecule has 2 aliphatic rings. The fourth-order valence-electron chi connectivity index (χ4n) is 2.58. The van der Waals surface area contributed by atoms with Crippen LogP contribution in [0, 0.1) is 5.92 Å². The second kappa shape index (κ2) is 4.85. The summed E-state index contributed by atoms with van der Waals surface area (Å²) in [7, 11) is 0. The zero-order valence-corrected chi connectivity index (χ0v) is 11.1. The van der Waals surface area contributed by atoms with Gasteiger partial charge < -0.3 is 14.4 Å². The van der Waals surface area contributed by atoms with Crippen molar-refractivity contribution in [2.45, 2.75) is 31.8 Å². The molecule has 0 radical (unpaired) electrons. The van der Waals surface area contributed by atoms with Gasteiger partial charge >= 0.3 is 0 Å². The highest BCUT2D eigenvalue weighted by Gasteiger charge is 2.36. The van der Waals surface area contributed by atoms with Crippen LogP contribution in [0.15, 0.2) is 22.6 Å². The van der Waals surface area contributed by atoms with Gasteiger partial charge in [0.05, 0.1) is 6.10 Å². The highest BCUT2D eigenvalue weighted by atomic mass is 16.3. The van der Waals surface area contributed by atoms with E-state index >= 15 is 0 Å². The number of carbonyl (C=O) groups excluding carboxylic acids is 1. The summed E-state index contributed by atoms with van der Waals surface area (Å²) in [6.45, 7) is 3.28. The van der Waals surface area contributed by atoms with E-state index in [1.54, 1.807) is 11.0 Å². The van der Waals surface area contributed by atoms with E-state index in [0.29, 0.717) is 25.4 Å². The Balaban J connectivity index is 1.59. The van der Waals surface area contributed by atoms with E-state index in [4.69, 9.17) is 4.42 Å².